The Kier molecular flexibility index (Phi) is 7.89. The highest BCUT2D eigenvalue weighted by Gasteiger charge is 2.51. The van der Waals surface area contributed by atoms with Crippen LogP contribution in [0, 0.1) is 24.1 Å². The first-order valence-corrected chi connectivity index (χ1v) is 10.9. The van der Waals surface area contributed by atoms with Crippen LogP contribution in [-0.4, -0.2) is 89.8 Å². The van der Waals surface area contributed by atoms with E-state index in [2.05, 4.69) is 11.2 Å². The fraction of sp³-hybridized carbons (Fsp3) is 0.522. The van der Waals surface area contributed by atoms with E-state index in [-0.39, 0.29) is 56.4 Å². The highest BCUT2D eigenvalue weighted by molar-refractivity contribution is 5.91. The van der Waals surface area contributed by atoms with Crippen LogP contribution in [0.3, 0.4) is 0 Å². The van der Waals surface area contributed by atoms with Crippen LogP contribution in [0.4, 0.5) is 9.18 Å². The van der Waals surface area contributed by atoms with Gasteiger partial charge in [0.15, 0.2) is 0 Å². The molecule has 2 heterocycles. The molecule has 33 heavy (non-hydrogen) atoms. The number of carbonyl (C=O) groups is 3. The van der Waals surface area contributed by atoms with Crippen molar-refractivity contribution in [1.29, 1.82) is 0 Å². The van der Waals surface area contributed by atoms with E-state index >= 15 is 0 Å². The molecular formula is C23H30FN5O4. The topological polar surface area (TPSA) is 85.4 Å². The van der Waals surface area contributed by atoms with E-state index in [1.165, 1.54) is 22.0 Å². The van der Waals surface area contributed by atoms with Crippen LogP contribution in [0.1, 0.15) is 19.4 Å². The molecule has 0 bridgehead atoms. The predicted octanol–water partition coefficient (Wildman–Crippen LogP) is 0.869. The van der Waals surface area contributed by atoms with Gasteiger partial charge in [-0.3, -0.25) is 9.59 Å². The van der Waals surface area contributed by atoms with Gasteiger partial charge in [0.25, 0.3) is 0 Å². The van der Waals surface area contributed by atoms with Crippen molar-refractivity contribution < 1.29 is 23.5 Å². The van der Waals surface area contributed by atoms with Crippen molar-refractivity contribution in [3.05, 3.63) is 35.6 Å². The molecule has 178 valence electrons. The summed E-state index contributed by atoms with van der Waals surface area (Å²) in [5.74, 6) is 1.51. The molecule has 1 aromatic rings. The van der Waals surface area contributed by atoms with Crippen LogP contribution in [0.2, 0.25) is 0 Å². The third-order valence-electron chi connectivity index (χ3n) is 5.76. The number of ether oxygens (including phenoxy) is 1. The average Bonchev–Trinajstić information content (AvgIpc) is 2.76. The molecule has 0 aliphatic carbocycles. The number of hydrogen-bond acceptors (Lipinski definition) is 5. The summed E-state index contributed by atoms with van der Waals surface area (Å²) in [7, 11) is 1.66. The smallest absolute Gasteiger partial charge is 0.334 e. The van der Waals surface area contributed by atoms with Crippen LogP contribution in [-0.2, 0) is 20.9 Å². The highest BCUT2D eigenvalue weighted by Crippen LogP contribution is 2.29. The Morgan fingerprint density at radius 2 is 2.00 bits per heavy atom. The molecule has 9 nitrogen and oxygen atoms in total. The summed E-state index contributed by atoms with van der Waals surface area (Å²) in [5.41, 5.74) is 0.739. The van der Waals surface area contributed by atoms with E-state index in [0.717, 1.165) is 5.56 Å². The number of rotatable bonds is 7. The minimum atomic E-state index is -0.690. The van der Waals surface area contributed by atoms with Gasteiger partial charge in [-0.05, 0) is 23.6 Å². The maximum atomic E-state index is 13.2. The second-order valence-corrected chi connectivity index (χ2v) is 8.46. The van der Waals surface area contributed by atoms with Gasteiger partial charge in [-0.25, -0.2) is 19.2 Å². The molecule has 0 unspecified atom stereocenters. The number of halogens is 1. The first-order chi connectivity index (χ1) is 15.7. The van der Waals surface area contributed by atoms with E-state index in [4.69, 9.17) is 11.2 Å². The van der Waals surface area contributed by atoms with Gasteiger partial charge in [0.2, 0.25) is 11.8 Å². The number of nitrogens with zero attached hydrogens (tertiary/aromatic N) is 4. The van der Waals surface area contributed by atoms with E-state index < -0.39 is 18.2 Å². The summed E-state index contributed by atoms with van der Waals surface area (Å²) < 4.78 is 18.5. The first kappa shape index (κ1) is 24.5. The molecule has 3 rings (SSSR count). The first-order valence-electron chi connectivity index (χ1n) is 10.9. The Bertz CT molecular complexity index is 916. The van der Waals surface area contributed by atoms with E-state index in [0.29, 0.717) is 6.54 Å². The van der Waals surface area contributed by atoms with Crippen molar-refractivity contribution in [2.75, 3.05) is 39.9 Å². The molecule has 1 N–H and O–H groups in total. The Hall–Kier alpha value is -3.16. The fourth-order valence-corrected chi connectivity index (χ4v) is 4.23. The van der Waals surface area contributed by atoms with Gasteiger partial charge in [0.1, 0.15) is 24.6 Å². The molecule has 0 aromatic heterocycles. The van der Waals surface area contributed by atoms with Gasteiger partial charge in [-0.2, -0.15) is 0 Å². The van der Waals surface area contributed by atoms with Crippen LogP contribution < -0.4 is 5.32 Å². The lowest BCUT2D eigenvalue weighted by atomic mass is 9.96. The normalized spacial score (nSPS) is 21.3. The van der Waals surface area contributed by atoms with Crippen molar-refractivity contribution in [2.45, 2.75) is 32.6 Å². The number of benzene rings is 1. The van der Waals surface area contributed by atoms with Crippen molar-refractivity contribution in [1.82, 2.24) is 25.1 Å². The zero-order valence-electron chi connectivity index (χ0n) is 19.2. The second kappa shape index (κ2) is 10.6. The third kappa shape index (κ3) is 5.43. The van der Waals surface area contributed by atoms with Crippen LogP contribution in [0.15, 0.2) is 24.3 Å². The zero-order valence-corrected chi connectivity index (χ0v) is 19.2. The lowest BCUT2D eigenvalue weighted by molar-refractivity contribution is -0.190. The molecule has 2 atom stereocenters. The van der Waals surface area contributed by atoms with Crippen molar-refractivity contribution in [3.8, 4) is 12.3 Å². The third-order valence-corrected chi connectivity index (χ3v) is 5.76. The molecule has 2 fully saturated rings. The molecule has 2 aliphatic heterocycles. The molecular weight excluding hydrogens is 429 g/mol. The Morgan fingerprint density at radius 3 is 2.64 bits per heavy atom. The second-order valence-electron chi connectivity index (χ2n) is 8.46. The number of carbonyl (C=O) groups excluding carboxylic acids is 3. The average molecular weight is 460 g/mol. The Morgan fingerprint density at radius 1 is 1.30 bits per heavy atom. The number of amides is 4. The Balaban J connectivity index is 1.80. The van der Waals surface area contributed by atoms with Crippen LogP contribution >= 0.6 is 0 Å². The van der Waals surface area contributed by atoms with E-state index in [1.807, 2.05) is 13.8 Å². The molecule has 1 aromatic carbocycles. The molecule has 0 spiro atoms. The molecule has 10 heteroatoms. The lowest BCUT2D eigenvalue weighted by Crippen LogP contribution is -2.76. The number of urea groups is 1. The molecule has 4 amide bonds. The summed E-state index contributed by atoms with van der Waals surface area (Å²) in [6.07, 6.45) is 4.54. The quantitative estimate of drug-likeness (QED) is 0.483. The number of fused-ring (bicyclic) bond motifs is 1. The standard InChI is InChI=1S/C23H30FN5O4/c1-5-11-33-12-10-27-14-19-28(21(16(2)3)22(27)31)20(30)15-26(4)29(19)23(32)25-13-17-6-8-18(24)9-7-17/h1,6-9,16,19,21H,10-15H2,2-4H3,(H,25,32)/t19-,21-/m0/s1. The number of likely N-dealkylation sites (N-methyl/N-ethyl adjacent to an activating group) is 1. The fourth-order valence-electron chi connectivity index (χ4n) is 4.23. The SMILES string of the molecule is C#CCOCCN1C[C@H]2N(C(=O)CN(C)N2C(=O)NCc2ccc(F)cc2)[C@@H](C(C)C)C1=O. The van der Waals surface area contributed by atoms with Crippen molar-refractivity contribution in [2.24, 2.45) is 5.92 Å². The number of hydrogen-bond donors (Lipinski definition) is 1. The van der Waals surface area contributed by atoms with Crippen LogP contribution in [0.5, 0.6) is 0 Å². The van der Waals surface area contributed by atoms with Gasteiger partial charge in [0, 0.05) is 20.1 Å². The molecule has 2 saturated heterocycles. The van der Waals surface area contributed by atoms with Gasteiger partial charge in [-0.1, -0.05) is 31.9 Å². The van der Waals surface area contributed by atoms with Gasteiger partial charge in [-0.15, -0.1) is 6.42 Å². The van der Waals surface area contributed by atoms with Crippen molar-refractivity contribution >= 4 is 17.8 Å². The Labute approximate surface area is 193 Å². The van der Waals surface area contributed by atoms with Gasteiger partial charge >= 0.3 is 6.03 Å². The minimum Gasteiger partial charge on any atom is -0.367 e. The van der Waals surface area contributed by atoms with E-state index in [9.17, 15) is 18.8 Å². The predicted molar refractivity (Wildman–Crippen MR) is 119 cm³/mol. The number of nitrogens with one attached hydrogen (secondary N) is 1. The van der Waals surface area contributed by atoms with E-state index in [1.54, 1.807) is 29.1 Å². The van der Waals surface area contributed by atoms with Gasteiger partial charge in [0.05, 0.1) is 19.7 Å². The maximum Gasteiger partial charge on any atom is 0.334 e. The zero-order chi connectivity index (χ0) is 24.1. The van der Waals surface area contributed by atoms with Crippen molar-refractivity contribution in [3.63, 3.8) is 0 Å². The summed E-state index contributed by atoms with van der Waals surface area (Å²) in [6, 6.07) is 4.74. The molecule has 2 aliphatic rings. The number of terminal acetylenes is 1. The molecule has 0 radical (unpaired) electrons. The summed E-state index contributed by atoms with van der Waals surface area (Å²) >= 11 is 0. The summed E-state index contributed by atoms with van der Waals surface area (Å²) in [4.78, 5) is 42.5. The maximum absolute atomic E-state index is 13.2. The number of piperazine rings is 1. The monoisotopic (exact) mass is 459 g/mol. The largest absolute Gasteiger partial charge is 0.367 e. The lowest BCUT2D eigenvalue weighted by Gasteiger charge is -2.55. The highest BCUT2D eigenvalue weighted by atomic mass is 19.1. The van der Waals surface area contributed by atoms with Gasteiger partial charge < -0.3 is 19.9 Å². The molecule has 0 saturated carbocycles. The van der Waals surface area contributed by atoms with Crippen LogP contribution in [0.25, 0.3) is 0 Å². The summed E-state index contributed by atoms with van der Waals surface area (Å²) in [6.45, 7) is 4.78. The summed E-state index contributed by atoms with van der Waals surface area (Å²) in [5, 5.41) is 5.86. The minimum absolute atomic E-state index is 0.0255. The number of hydrazine groups is 1.